The molecule has 0 bridgehead atoms. The number of halogens is 2. The zero-order chi connectivity index (χ0) is 14.2. The minimum atomic E-state index is -0.364. The van der Waals surface area contributed by atoms with Gasteiger partial charge in [0.2, 0.25) is 0 Å². The van der Waals surface area contributed by atoms with Crippen molar-refractivity contribution in [3.8, 4) is 0 Å². The Morgan fingerprint density at radius 3 is 2.80 bits per heavy atom. The van der Waals surface area contributed by atoms with E-state index in [2.05, 4.69) is 10.1 Å². The van der Waals surface area contributed by atoms with Crippen molar-refractivity contribution in [3.63, 3.8) is 0 Å². The second kappa shape index (κ2) is 5.11. The zero-order valence-corrected chi connectivity index (χ0v) is 12.2. The molecule has 1 N–H and O–H groups in total. The molecule has 2 aromatic rings. The largest absolute Gasteiger partial charge is 0.343 e. The molecule has 6 heteroatoms. The average Bonchev–Trinajstić information content (AvgIpc) is 3.05. The van der Waals surface area contributed by atoms with Gasteiger partial charge in [0.25, 0.3) is 0 Å². The van der Waals surface area contributed by atoms with Crippen LogP contribution < -0.4 is 5.69 Å². The normalized spacial score (nSPS) is 17.2. The zero-order valence-electron chi connectivity index (χ0n) is 10.6. The maximum Gasteiger partial charge on any atom is 0.343 e. The number of nitrogens with one attached hydrogen (secondary N) is 1. The third kappa shape index (κ3) is 2.67. The van der Waals surface area contributed by atoms with Gasteiger partial charge in [0.1, 0.15) is 6.33 Å². The predicted octanol–water partition coefficient (Wildman–Crippen LogP) is 3.08. The molecule has 1 aliphatic rings. The van der Waals surface area contributed by atoms with Gasteiger partial charge >= 0.3 is 5.69 Å². The van der Waals surface area contributed by atoms with E-state index in [4.69, 9.17) is 23.2 Å². The van der Waals surface area contributed by atoms with Gasteiger partial charge in [-0.3, -0.25) is 4.98 Å². The molecular formula is C14H13Cl2N3O. The quantitative estimate of drug-likeness (QED) is 0.882. The number of nitrogens with zero attached hydrogens (tertiary/aromatic N) is 2. The lowest BCUT2D eigenvalue weighted by Gasteiger charge is -2.13. The summed E-state index contributed by atoms with van der Waals surface area (Å²) in [5, 5.41) is 4.64. The number of aromatic nitrogens is 3. The van der Waals surface area contributed by atoms with Crippen LogP contribution in [0.1, 0.15) is 18.4 Å². The average molecular weight is 310 g/mol. The van der Waals surface area contributed by atoms with Gasteiger partial charge in [-0.2, -0.15) is 5.10 Å². The molecule has 1 fully saturated rings. The summed E-state index contributed by atoms with van der Waals surface area (Å²) in [6.07, 6.45) is 5.15. The number of alkyl halides is 1. The van der Waals surface area contributed by atoms with Crippen LogP contribution in [0.3, 0.4) is 0 Å². The molecule has 1 heterocycles. The minimum absolute atomic E-state index is 0.240. The summed E-state index contributed by atoms with van der Waals surface area (Å²) in [7, 11) is 0. The van der Waals surface area contributed by atoms with Crippen LogP contribution in [0, 0.1) is 0 Å². The summed E-state index contributed by atoms with van der Waals surface area (Å²) in [5.41, 5.74) is 1.62. The highest BCUT2D eigenvalue weighted by atomic mass is 35.5. The Morgan fingerprint density at radius 1 is 1.45 bits per heavy atom. The summed E-state index contributed by atoms with van der Waals surface area (Å²) in [4.78, 5) is 13.7. The van der Waals surface area contributed by atoms with E-state index in [0.717, 1.165) is 24.0 Å². The fourth-order valence-corrected chi connectivity index (χ4v) is 2.48. The first-order chi connectivity index (χ1) is 9.58. The van der Waals surface area contributed by atoms with Crippen molar-refractivity contribution in [3.05, 3.63) is 57.2 Å². The van der Waals surface area contributed by atoms with Gasteiger partial charge in [-0.05, 0) is 30.0 Å². The van der Waals surface area contributed by atoms with Crippen LogP contribution in [-0.2, 0) is 6.54 Å². The van der Waals surface area contributed by atoms with Crippen molar-refractivity contribution in [1.82, 2.24) is 14.8 Å². The van der Waals surface area contributed by atoms with Gasteiger partial charge in [0.05, 0.1) is 11.4 Å². The van der Waals surface area contributed by atoms with Crippen LogP contribution in [0.2, 0.25) is 5.02 Å². The smallest absolute Gasteiger partial charge is 0.295 e. The van der Waals surface area contributed by atoms with E-state index in [-0.39, 0.29) is 10.6 Å². The van der Waals surface area contributed by atoms with E-state index in [9.17, 15) is 4.79 Å². The molecular weight excluding hydrogens is 297 g/mol. The Balaban J connectivity index is 1.97. The first kappa shape index (κ1) is 13.5. The molecule has 0 aliphatic heterocycles. The summed E-state index contributed by atoms with van der Waals surface area (Å²) < 4.78 is 1.37. The standard InChI is InChI=1S/C14H13Cl2N3O/c15-12-4-2-1-3-10(12)7-11(14(16)5-6-14)8-19-13(20)17-9-18-19/h1-4,7,9H,5-6,8H2,(H,17,18,20)/b11-7-. The highest BCUT2D eigenvalue weighted by Crippen LogP contribution is 2.49. The Hall–Kier alpha value is -1.52. The monoisotopic (exact) mass is 309 g/mol. The number of hydrogen-bond acceptors (Lipinski definition) is 2. The van der Waals surface area contributed by atoms with Crippen LogP contribution in [0.25, 0.3) is 6.08 Å². The van der Waals surface area contributed by atoms with Gasteiger partial charge in [0, 0.05) is 5.02 Å². The van der Waals surface area contributed by atoms with E-state index in [1.807, 2.05) is 30.3 Å². The molecule has 4 nitrogen and oxygen atoms in total. The molecule has 0 radical (unpaired) electrons. The summed E-state index contributed by atoms with van der Waals surface area (Å²) in [6, 6.07) is 7.56. The van der Waals surface area contributed by atoms with Gasteiger partial charge in [-0.25, -0.2) is 9.48 Å². The van der Waals surface area contributed by atoms with Gasteiger partial charge < -0.3 is 0 Å². The van der Waals surface area contributed by atoms with E-state index in [1.54, 1.807) is 0 Å². The molecule has 1 aliphatic carbocycles. The molecule has 0 unspecified atom stereocenters. The maximum absolute atomic E-state index is 11.6. The highest BCUT2D eigenvalue weighted by molar-refractivity contribution is 6.32. The second-order valence-corrected chi connectivity index (χ2v) is 6.04. The minimum Gasteiger partial charge on any atom is -0.295 e. The van der Waals surface area contributed by atoms with Crippen LogP contribution in [-0.4, -0.2) is 19.6 Å². The first-order valence-corrected chi connectivity index (χ1v) is 7.09. The molecule has 0 saturated heterocycles. The molecule has 0 amide bonds. The van der Waals surface area contributed by atoms with Gasteiger partial charge in [0.15, 0.2) is 0 Å². The third-order valence-electron chi connectivity index (χ3n) is 3.44. The topological polar surface area (TPSA) is 50.7 Å². The van der Waals surface area contributed by atoms with Crippen molar-refractivity contribution in [2.45, 2.75) is 24.3 Å². The van der Waals surface area contributed by atoms with E-state index in [1.165, 1.54) is 11.0 Å². The summed E-state index contributed by atoms with van der Waals surface area (Å²) in [5.74, 6) is 0. The second-order valence-electron chi connectivity index (χ2n) is 4.91. The molecule has 1 aromatic carbocycles. The Kier molecular flexibility index (Phi) is 3.44. The number of benzene rings is 1. The van der Waals surface area contributed by atoms with Crippen LogP contribution in [0.15, 0.2) is 41.0 Å². The number of aromatic amines is 1. The van der Waals surface area contributed by atoms with Crippen molar-refractivity contribution in [2.24, 2.45) is 0 Å². The summed E-state index contributed by atoms with van der Waals surface area (Å²) >= 11 is 12.7. The molecule has 0 spiro atoms. The van der Waals surface area contributed by atoms with Crippen molar-refractivity contribution >= 4 is 29.3 Å². The third-order valence-corrected chi connectivity index (χ3v) is 4.40. The van der Waals surface area contributed by atoms with E-state index >= 15 is 0 Å². The van der Waals surface area contributed by atoms with E-state index < -0.39 is 0 Å². The highest BCUT2D eigenvalue weighted by Gasteiger charge is 2.44. The lowest BCUT2D eigenvalue weighted by molar-refractivity contribution is 0.636. The van der Waals surface area contributed by atoms with Gasteiger partial charge in [-0.1, -0.05) is 35.9 Å². The lowest BCUT2D eigenvalue weighted by atomic mass is 10.1. The molecule has 104 valence electrons. The van der Waals surface area contributed by atoms with Crippen molar-refractivity contribution in [2.75, 3.05) is 0 Å². The number of allylic oxidation sites excluding steroid dienone is 1. The number of H-pyrrole nitrogens is 1. The van der Waals surface area contributed by atoms with Crippen LogP contribution in [0.4, 0.5) is 0 Å². The fraction of sp³-hybridized carbons (Fsp3) is 0.286. The number of hydrogen-bond donors (Lipinski definition) is 1. The molecule has 3 rings (SSSR count). The first-order valence-electron chi connectivity index (χ1n) is 6.33. The molecule has 1 saturated carbocycles. The van der Waals surface area contributed by atoms with Crippen LogP contribution in [0.5, 0.6) is 0 Å². The maximum atomic E-state index is 11.6. The van der Waals surface area contributed by atoms with Crippen molar-refractivity contribution in [1.29, 1.82) is 0 Å². The van der Waals surface area contributed by atoms with Crippen molar-refractivity contribution < 1.29 is 0 Å². The molecule has 20 heavy (non-hydrogen) atoms. The van der Waals surface area contributed by atoms with Crippen LogP contribution >= 0.6 is 23.2 Å². The van der Waals surface area contributed by atoms with Gasteiger partial charge in [-0.15, -0.1) is 11.6 Å². The Labute approximate surface area is 126 Å². The fourth-order valence-electron chi connectivity index (χ4n) is 2.08. The molecule has 0 atom stereocenters. The number of rotatable bonds is 4. The lowest BCUT2D eigenvalue weighted by Crippen LogP contribution is -2.22. The Bertz CT molecular complexity index is 713. The summed E-state index contributed by atoms with van der Waals surface area (Å²) in [6.45, 7) is 0.372. The molecule has 1 aromatic heterocycles. The Morgan fingerprint density at radius 2 is 2.20 bits per heavy atom. The van der Waals surface area contributed by atoms with E-state index in [0.29, 0.717) is 11.6 Å². The SMILES string of the molecule is O=c1[nH]cnn1C/C(=C/c1ccccc1Cl)C1(Cl)CC1. The predicted molar refractivity (Wildman–Crippen MR) is 80.1 cm³/mol.